The van der Waals surface area contributed by atoms with E-state index in [-0.39, 0.29) is 11.4 Å². The molecule has 6 nitrogen and oxygen atoms in total. The van der Waals surface area contributed by atoms with Crippen LogP contribution in [0.3, 0.4) is 0 Å². The van der Waals surface area contributed by atoms with Crippen LogP contribution >= 0.6 is 0 Å². The summed E-state index contributed by atoms with van der Waals surface area (Å²) < 4.78 is 33.1. The molecule has 0 radical (unpaired) electrons. The van der Waals surface area contributed by atoms with Crippen LogP contribution in [0.5, 0.6) is 0 Å². The van der Waals surface area contributed by atoms with E-state index in [2.05, 4.69) is 9.72 Å². The van der Waals surface area contributed by atoms with E-state index in [1.54, 1.807) is 13.8 Å². The van der Waals surface area contributed by atoms with Crippen LogP contribution in [0.4, 0.5) is 14.6 Å². The van der Waals surface area contributed by atoms with Gasteiger partial charge >= 0.3 is 5.97 Å². The summed E-state index contributed by atoms with van der Waals surface area (Å²) in [6.07, 6.45) is 1.58. The van der Waals surface area contributed by atoms with Crippen LogP contribution in [-0.4, -0.2) is 22.6 Å². The molecule has 25 heavy (non-hydrogen) atoms. The summed E-state index contributed by atoms with van der Waals surface area (Å²) in [5.74, 6) is -4.16. The standard InChI is InChI=1S/C17H19F2N3O3/c1-5-10-7-11(17(3,18)19)6-9(2)13(10)22-8-21-14(20)12(15(22)23)16(24)25-4/h6-8H,5,20H2,1-4H3. The molecule has 0 aliphatic heterocycles. The fraction of sp³-hybridized carbons (Fsp3) is 0.353. The first kappa shape index (κ1) is 18.6. The molecule has 0 spiro atoms. The molecule has 0 amide bonds. The van der Waals surface area contributed by atoms with Crippen molar-refractivity contribution in [2.75, 3.05) is 12.8 Å². The van der Waals surface area contributed by atoms with E-state index in [4.69, 9.17) is 5.73 Å². The number of aryl methyl sites for hydroxylation is 2. The minimum Gasteiger partial charge on any atom is -0.465 e. The number of rotatable bonds is 4. The topological polar surface area (TPSA) is 87.2 Å². The van der Waals surface area contributed by atoms with E-state index >= 15 is 0 Å². The Labute approximate surface area is 143 Å². The average molecular weight is 351 g/mol. The molecule has 1 aromatic heterocycles. The minimum atomic E-state index is -3.01. The number of carbonyl (C=O) groups excluding carboxylic acids is 1. The molecule has 8 heteroatoms. The fourth-order valence-electron chi connectivity index (χ4n) is 2.64. The van der Waals surface area contributed by atoms with Crippen molar-refractivity contribution in [2.24, 2.45) is 0 Å². The lowest BCUT2D eigenvalue weighted by Gasteiger charge is -2.19. The summed E-state index contributed by atoms with van der Waals surface area (Å²) in [4.78, 5) is 28.4. The summed E-state index contributed by atoms with van der Waals surface area (Å²) in [5.41, 5.74) is 5.75. The Kier molecular flexibility index (Phi) is 4.92. The Morgan fingerprint density at radius 1 is 1.40 bits per heavy atom. The van der Waals surface area contributed by atoms with Crippen LogP contribution < -0.4 is 11.3 Å². The molecule has 134 valence electrons. The first-order valence-corrected chi connectivity index (χ1v) is 7.59. The van der Waals surface area contributed by atoms with Crippen molar-refractivity contribution in [2.45, 2.75) is 33.1 Å². The Hall–Kier alpha value is -2.77. The van der Waals surface area contributed by atoms with Gasteiger partial charge in [-0.1, -0.05) is 6.92 Å². The van der Waals surface area contributed by atoms with Gasteiger partial charge in [0, 0.05) is 12.5 Å². The monoisotopic (exact) mass is 351 g/mol. The van der Waals surface area contributed by atoms with Crippen molar-refractivity contribution in [1.29, 1.82) is 0 Å². The van der Waals surface area contributed by atoms with Crippen molar-refractivity contribution in [1.82, 2.24) is 9.55 Å². The summed E-state index contributed by atoms with van der Waals surface area (Å²) >= 11 is 0. The third kappa shape index (κ3) is 3.38. The van der Waals surface area contributed by atoms with Gasteiger partial charge in [0.2, 0.25) is 0 Å². The SMILES string of the molecule is CCc1cc(C(C)(F)F)cc(C)c1-n1cnc(N)c(C(=O)OC)c1=O. The number of carbonyl (C=O) groups is 1. The van der Waals surface area contributed by atoms with Gasteiger partial charge < -0.3 is 10.5 Å². The number of nitrogen functional groups attached to an aromatic ring is 1. The Balaban J connectivity index is 2.80. The molecule has 0 fully saturated rings. The maximum absolute atomic E-state index is 13.7. The van der Waals surface area contributed by atoms with Gasteiger partial charge in [0.25, 0.3) is 11.5 Å². The molecule has 0 saturated carbocycles. The van der Waals surface area contributed by atoms with Gasteiger partial charge in [-0.15, -0.1) is 0 Å². The number of methoxy groups -OCH3 is 1. The van der Waals surface area contributed by atoms with Crippen molar-refractivity contribution in [3.8, 4) is 5.69 Å². The number of ether oxygens (including phenoxy) is 1. The van der Waals surface area contributed by atoms with Crippen molar-refractivity contribution < 1.29 is 18.3 Å². The molecular weight excluding hydrogens is 332 g/mol. The highest BCUT2D eigenvalue weighted by atomic mass is 19.3. The average Bonchev–Trinajstić information content (AvgIpc) is 2.54. The number of aromatic nitrogens is 2. The van der Waals surface area contributed by atoms with E-state index < -0.39 is 23.0 Å². The smallest absolute Gasteiger partial charge is 0.347 e. The minimum absolute atomic E-state index is 0.143. The van der Waals surface area contributed by atoms with Crippen molar-refractivity contribution in [3.63, 3.8) is 0 Å². The summed E-state index contributed by atoms with van der Waals surface area (Å²) in [5, 5.41) is 0. The number of esters is 1. The zero-order valence-corrected chi connectivity index (χ0v) is 14.4. The number of hydrogen-bond acceptors (Lipinski definition) is 5. The number of nitrogens with two attached hydrogens (primary N) is 1. The summed E-state index contributed by atoms with van der Waals surface area (Å²) in [6.45, 7) is 4.21. The number of halogens is 2. The highest BCUT2D eigenvalue weighted by Crippen LogP contribution is 2.31. The normalized spacial score (nSPS) is 11.4. The van der Waals surface area contributed by atoms with Crippen LogP contribution in [0.15, 0.2) is 23.3 Å². The van der Waals surface area contributed by atoms with Crippen LogP contribution in [-0.2, 0) is 17.1 Å². The molecule has 2 N–H and O–H groups in total. The lowest BCUT2D eigenvalue weighted by Crippen LogP contribution is -2.29. The van der Waals surface area contributed by atoms with Gasteiger partial charge in [0.05, 0.1) is 12.8 Å². The Bertz CT molecular complexity index is 886. The second-order valence-corrected chi connectivity index (χ2v) is 5.71. The van der Waals surface area contributed by atoms with Crippen LogP contribution in [0.25, 0.3) is 5.69 Å². The predicted octanol–water partition coefficient (Wildman–Crippen LogP) is 2.58. The highest BCUT2D eigenvalue weighted by molar-refractivity contribution is 5.93. The first-order valence-electron chi connectivity index (χ1n) is 7.59. The number of hydrogen-bond donors (Lipinski definition) is 1. The maximum atomic E-state index is 13.7. The van der Waals surface area contributed by atoms with Crippen LogP contribution in [0.1, 0.15) is 40.9 Å². The van der Waals surface area contributed by atoms with Gasteiger partial charge in [-0.3, -0.25) is 9.36 Å². The molecule has 0 aliphatic rings. The molecule has 0 unspecified atom stereocenters. The zero-order chi connectivity index (χ0) is 18.9. The molecule has 0 saturated heterocycles. The molecule has 0 aliphatic carbocycles. The lowest BCUT2D eigenvalue weighted by molar-refractivity contribution is 0.0173. The van der Waals surface area contributed by atoms with Crippen LogP contribution in [0, 0.1) is 6.92 Å². The van der Waals surface area contributed by atoms with Gasteiger partial charge in [0.1, 0.15) is 12.1 Å². The molecular formula is C17H19F2N3O3. The molecule has 0 bridgehead atoms. The largest absolute Gasteiger partial charge is 0.465 e. The zero-order valence-electron chi connectivity index (χ0n) is 14.4. The summed E-state index contributed by atoms with van der Waals surface area (Å²) in [7, 11) is 1.12. The van der Waals surface area contributed by atoms with Crippen molar-refractivity contribution >= 4 is 11.8 Å². The molecule has 1 heterocycles. The third-order valence-corrected chi connectivity index (χ3v) is 3.90. The van der Waals surface area contributed by atoms with Gasteiger partial charge in [-0.2, -0.15) is 0 Å². The van der Waals surface area contributed by atoms with Gasteiger partial charge in [-0.05, 0) is 36.6 Å². The first-order chi connectivity index (χ1) is 11.6. The number of anilines is 1. The molecule has 2 aromatic rings. The van der Waals surface area contributed by atoms with E-state index in [0.29, 0.717) is 23.2 Å². The van der Waals surface area contributed by atoms with E-state index in [0.717, 1.165) is 18.6 Å². The van der Waals surface area contributed by atoms with Gasteiger partial charge in [-0.25, -0.2) is 18.6 Å². The van der Waals surface area contributed by atoms with Gasteiger partial charge in [0.15, 0.2) is 5.56 Å². The third-order valence-electron chi connectivity index (χ3n) is 3.90. The maximum Gasteiger partial charge on any atom is 0.347 e. The highest BCUT2D eigenvalue weighted by Gasteiger charge is 2.27. The number of benzene rings is 1. The lowest BCUT2D eigenvalue weighted by atomic mass is 9.98. The van der Waals surface area contributed by atoms with Crippen molar-refractivity contribution in [3.05, 3.63) is 51.1 Å². The van der Waals surface area contributed by atoms with E-state index in [1.807, 2.05) is 0 Å². The Morgan fingerprint density at radius 3 is 2.56 bits per heavy atom. The number of nitrogens with zero attached hydrogens (tertiary/aromatic N) is 2. The second kappa shape index (κ2) is 6.62. The van der Waals surface area contributed by atoms with Crippen LogP contribution in [0.2, 0.25) is 0 Å². The van der Waals surface area contributed by atoms with E-state index in [9.17, 15) is 18.4 Å². The fourth-order valence-corrected chi connectivity index (χ4v) is 2.64. The predicted molar refractivity (Wildman–Crippen MR) is 89.3 cm³/mol. The molecule has 2 rings (SSSR count). The molecule has 0 atom stereocenters. The number of alkyl halides is 2. The quantitative estimate of drug-likeness (QED) is 0.856. The second-order valence-electron chi connectivity index (χ2n) is 5.71. The Morgan fingerprint density at radius 2 is 2.04 bits per heavy atom. The van der Waals surface area contributed by atoms with E-state index in [1.165, 1.54) is 18.5 Å². The molecule has 1 aromatic carbocycles. The summed E-state index contributed by atoms with van der Waals surface area (Å²) in [6, 6.07) is 2.66.